The fourth-order valence-electron chi connectivity index (χ4n) is 3.23. The number of rotatable bonds is 1. The number of fused-ring (bicyclic) bond motifs is 2. The fourth-order valence-corrected chi connectivity index (χ4v) is 3.23. The van der Waals surface area contributed by atoms with Gasteiger partial charge in [-0.15, -0.1) is 0 Å². The summed E-state index contributed by atoms with van der Waals surface area (Å²) in [6, 6.07) is 2.01. The van der Waals surface area contributed by atoms with E-state index in [1.54, 1.807) is 24.5 Å². The van der Waals surface area contributed by atoms with Gasteiger partial charge in [0.15, 0.2) is 5.78 Å². The third-order valence-electron chi connectivity index (χ3n) is 4.43. The summed E-state index contributed by atoms with van der Waals surface area (Å²) < 4.78 is 1.83. The Balaban J connectivity index is 1.81. The van der Waals surface area contributed by atoms with Gasteiger partial charge >= 0.3 is 0 Å². The molecule has 0 saturated heterocycles. The minimum atomic E-state index is 0.0861. The molecule has 0 N–H and O–H groups in total. The first-order valence-corrected chi connectivity index (χ1v) is 7.50. The molecule has 0 unspecified atom stereocenters. The van der Waals surface area contributed by atoms with Gasteiger partial charge in [-0.05, 0) is 30.9 Å². The molecule has 0 spiro atoms. The fraction of sp³-hybridized carbons (Fsp3) is 0.375. The van der Waals surface area contributed by atoms with Crippen LogP contribution in [0.2, 0.25) is 0 Å². The lowest BCUT2D eigenvalue weighted by molar-refractivity contribution is -0.118. The van der Waals surface area contributed by atoms with E-state index in [0.29, 0.717) is 30.8 Å². The van der Waals surface area contributed by atoms with E-state index in [9.17, 15) is 9.59 Å². The zero-order valence-corrected chi connectivity index (χ0v) is 12.4. The van der Waals surface area contributed by atoms with Crippen LogP contribution in [0.4, 0.5) is 5.82 Å². The van der Waals surface area contributed by atoms with Gasteiger partial charge in [0.1, 0.15) is 17.8 Å². The second-order valence-electron chi connectivity index (χ2n) is 5.82. The van der Waals surface area contributed by atoms with E-state index in [2.05, 4.69) is 9.97 Å². The number of Topliss-reactive ketones (excluding diaryl/α,β-unsaturated/α-hetero) is 1. The molecule has 2 aromatic heterocycles. The van der Waals surface area contributed by atoms with Crippen molar-refractivity contribution in [3.63, 3.8) is 0 Å². The number of anilines is 1. The molecule has 112 valence electrons. The second-order valence-corrected chi connectivity index (χ2v) is 5.82. The van der Waals surface area contributed by atoms with Crippen molar-refractivity contribution in [1.29, 1.82) is 0 Å². The molecule has 6 nitrogen and oxygen atoms in total. The molecular formula is C16H16N4O2. The van der Waals surface area contributed by atoms with Gasteiger partial charge in [-0.3, -0.25) is 19.1 Å². The summed E-state index contributed by atoms with van der Waals surface area (Å²) in [5.74, 6) is 0.937. The summed E-state index contributed by atoms with van der Waals surface area (Å²) in [6.45, 7) is 0. The van der Waals surface area contributed by atoms with Gasteiger partial charge in [0, 0.05) is 19.9 Å². The Morgan fingerprint density at radius 3 is 2.82 bits per heavy atom. The molecule has 0 atom stereocenters. The lowest BCUT2D eigenvalue weighted by Gasteiger charge is -2.25. The maximum absolute atomic E-state index is 12.2. The van der Waals surface area contributed by atoms with Crippen molar-refractivity contribution >= 4 is 17.5 Å². The van der Waals surface area contributed by atoms with E-state index >= 15 is 0 Å². The SMILES string of the molecule is CN1C(=O)CCc2cc(-n3cnc4c3C(=O)CCC4)cnc21. The van der Waals surface area contributed by atoms with Gasteiger partial charge in [-0.1, -0.05) is 0 Å². The normalized spacial score (nSPS) is 17.4. The van der Waals surface area contributed by atoms with E-state index in [-0.39, 0.29) is 11.7 Å². The molecule has 0 fully saturated rings. The van der Waals surface area contributed by atoms with Crippen molar-refractivity contribution in [2.75, 3.05) is 11.9 Å². The average molecular weight is 296 g/mol. The van der Waals surface area contributed by atoms with Crippen molar-refractivity contribution < 1.29 is 9.59 Å². The molecule has 22 heavy (non-hydrogen) atoms. The Morgan fingerprint density at radius 1 is 1.09 bits per heavy atom. The number of hydrogen-bond acceptors (Lipinski definition) is 4. The Labute approximate surface area is 127 Å². The molecule has 3 heterocycles. The maximum Gasteiger partial charge on any atom is 0.228 e. The number of pyridine rings is 1. The van der Waals surface area contributed by atoms with Gasteiger partial charge in [0.25, 0.3) is 0 Å². The predicted octanol–water partition coefficient (Wildman–Crippen LogP) is 1.70. The summed E-state index contributed by atoms with van der Waals surface area (Å²) >= 11 is 0. The van der Waals surface area contributed by atoms with Gasteiger partial charge in [0.2, 0.25) is 5.91 Å². The molecular weight excluding hydrogens is 280 g/mol. The lowest BCUT2D eigenvalue weighted by Crippen LogP contribution is -2.32. The molecule has 1 aliphatic heterocycles. The van der Waals surface area contributed by atoms with E-state index < -0.39 is 0 Å². The first kappa shape index (κ1) is 13.2. The van der Waals surface area contributed by atoms with Crippen LogP contribution in [0.25, 0.3) is 5.69 Å². The standard InChI is InChI=1S/C16H16N4O2/c1-19-14(22)6-5-10-7-11(8-17-16(10)19)20-9-18-12-3-2-4-13(21)15(12)20/h7-9H,2-6H2,1H3. The maximum atomic E-state index is 12.2. The van der Waals surface area contributed by atoms with Gasteiger partial charge in [-0.25, -0.2) is 9.97 Å². The van der Waals surface area contributed by atoms with Crippen LogP contribution >= 0.6 is 0 Å². The van der Waals surface area contributed by atoms with Crippen molar-refractivity contribution in [1.82, 2.24) is 14.5 Å². The molecule has 4 rings (SSSR count). The van der Waals surface area contributed by atoms with Crippen LogP contribution in [-0.4, -0.2) is 33.3 Å². The van der Waals surface area contributed by atoms with E-state index in [4.69, 9.17) is 0 Å². The molecule has 0 saturated carbocycles. The Kier molecular flexibility index (Phi) is 2.85. The van der Waals surface area contributed by atoms with E-state index in [0.717, 1.165) is 29.8 Å². The summed E-state index contributed by atoms with van der Waals surface area (Å²) in [7, 11) is 1.75. The highest BCUT2D eigenvalue weighted by Crippen LogP contribution is 2.28. The molecule has 2 aromatic rings. The zero-order valence-electron chi connectivity index (χ0n) is 12.4. The van der Waals surface area contributed by atoms with Crippen LogP contribution in [0.1, 0.15) is 41.0 Å². The summed E-state index contributed by atoms with van der Waals surface area (Å²) in [5, 5.41) is 0. The minimum absolute atomic E-state index is 0.0861. The van der Waals surface area contributed by atoms with E-state index in [1.807, 2.05) is 10.6 Å². The van der Waals surface area contributed by atoms with Crippen LogP contribution in [0, 0.1) is 0 Å². The number of amides is 1. The Bertz CT molecular complexity index is 793. The van der Waals surface area contributed by atoms with Crippen molar-refractivity contribution in [2.45, 2.75) is 32.1 Å². The molecule has 1 aliphatic carbocycles. The minimum Gasteiger partial charge on any atom is -0.300 e. The van der Waals surface area contributed by atoms with Crippen molar-refractivity contribution in [3.8, 4) is 5.69 Å². The number of hydrogen-bond donors (Lipinski definition) is 0. The first-order valence-electron chi connectivity index (χ1n) is 7.50. The average Bonchev–Trinajstić information content (AvgIpc) is 2.96. The third kappa shape index (κ3) is 1.87. The monoisotopic (exact) mass is 296 g/mol. The quantitative estimate of drug-likeness (QED) is 0.803. The number of nitrogens with zero attached hydrogens (tertiary/aromatic N) is 4. The smallest absolute Gasteiger partial charge is 0.228 e. The summed E-state index contributed by atoms with van der Waals surface area (Å²) in [5.41, 5.74) is 3.44. The van der Waals surface area contributed by atoms with Crippen molar-refractivity contribution in [3.05, 3.63) is 35.5 Å². The van der Waals surface area contributed by atoms with Crippen LogP contribution < -0.4 is 4.90 Å². The number of aromatic nitrogens is 3. The highest BCUT2D eigenvalue weighted by Gasteiger charge is 2.26. The molecule has 0 bridgehead atoms. The number of ketones is 1. The Hall–Kier alpha value is -2.50. The molecule has 6 heteroatoms. The van der Waals surface area contributed by atoms with Crippen molar-refractivity contribution in [2.24, 2.45) is 0 Å². The Morgan fingerprint density at radius 2 is 1.95 bits per heavy atom. The largest absolute Gasteiger partial charge is 0.300 e. The summed E-state index contributed by atoms with van der Waals surface area (Å²) in [4.78, 5) is 34.3. The molecule has 2 aliphatic rings. The predicted molar refractivity (Wildman–Crippen MR) is 80.4 cm³/mol. The highest BCUT2D eigenvalue weighted by atomic mass is 16.2. The molecule has 0 aromatic carbocycles. The van der Waals surface area contributed by atoms with Gasteiger partial charge < -0.3 is 0 Å². The molecule has 0 radical (unpaired) electrons. The highest BCUT2D eigenvalue weighted by molar-refractivity contribution is 5.97. The third-order valence-corrected chi connectivity index (χ3v) is 4.43. The number of carbonyl (C=O) groups excluding carboxylic acids is 2. The lowest BCUT2D eigenvalue weighted by atomic mass is 9.99. The first-order chi connectivity index (χ1) is 10.6. The van der Waals surface area contributed by atoms with Gasteiger partial charge in [0.05, 0.1) is 17.6 Å². The van der Waals surface area contributed by atoms with Crippen LogP contribution in [-0.2, 0) is 17.6 Å². The van der Waals surface area contributed by atoms with Crippen LogP contribution in [0.15, 0.2) is 18.6 Å². The number of imidazole rings is 1. The van der Waals surface area contributed by atoms with Crippen LogP contribution in [0.5, 0.6) is 0 Å². The zero-order chi connectivity index (χ0) is 15.3. The second kappa shape index (κ2) is 4.76. The van der Waals surface area contributed by atoms with Crippen LogP contribution in [0.3, 0.4) is 0 Å². The molecule has 1 amide bonds. The summed E-state index contributed by atoms with van der Waals surface area (Å²) in [6.07, 6.45) is 6.89. The topological polar surface area (TPSA) is 68.1 Å². The number of aryl methyl sites for hydroxylation is 2. The van der Waals surface area contributed by atoms with E-state index in [1.165, 1.54) is 0 Å². The van der Waals surface area contributed by atoms with Gasteiger partial charge in [-0.2, -0.15) is 0 Å². The number of carbonyl (C=O) groups is 2.